The van der Waals surface area contributed by atoms with Gasteiger partial charge in [-0.25, -0.2) is 0 Å². The smallest absolute Gasteiger partial charge is 0.0515 e. The Bertz CT molecular complexity index is 616. The fourth-order valence-corrected chi connectivity index (χ4v) is 5.07. The highest BCUT2D eigenvalue weighted by Gasteiger charge is 2.44. The molecule has 2 fully saturated rings. The van der Waals surface area contributed by atoms with Crippen LogP contribution in [0.3, 0.4) is 0 Å². The van der Waals surface area contributed by atoms with Crippen LogP contribution in [0.15, 0.2) is 60.7 Å². The van der Waals surface area contributed by atoms with E-state index in [9.17, 15) is 0 Å². The molecule has 114 valence electrons. The summed E-state index contributed by atoms with van der Waals surface area (Å²) in [6.07, 6.45) is 2.62. The molecule has 3 heteroatoms. The maximum absolute atomic E-state index is 2.62. The van der Waals surface area contributed by atoms with E-state index in [0.29, 0.717) is 4.75 Å². The van der Waals surface area contributed by atoms with Gasteiger partial charge in [0.25, 0.3) is 0 Å². The topological polar surface area (TPSA) is 6.48 Å². The Balaban J connectivity index is 1.40. The van der Waals surface area contributed by atoms with Crippen molar-refractivity contribution in [1.29, 1.82) is 0 Å². The molecule has 22 heavy (non-hydrogen) atoms. The number of nitrogens with zero attached hydrogens (tertiary/aromatic N) is 2. The van der Waals surface area contributed by atoms with Crippen molar-refractivity contribution < 1.29 is 0 Å². The van der Waals surface area contributed by atoms with Crippen LogP contribution in [0.1, 0.15) is 18.4 Å². The summed E-state index contributed by atoms with van der Waals surface area (Å²) in [6.45, 7) is 4.71. The van der Waals surface area contributed by atoms with E-state index in [4.69, 9.17) is 0 Å². The summed E-state index contributed by atoms with van der Waals surface area (Å²) in [4.78, 5) is 2.62. The van der Waals surface area contributed by atoms with Gasteiger partial charge in [-0.15, -0.1) is 0 Å². The van der Waals surface area contributed by atoms with Crippen LogP contribution in [0, 0.1) is 0 Å². The molecule has 2 aliphatic rings. The normalized spacial score (nSPS) is 25.2. The zero-order valence-electron chi connectivity index (χ0n) is 12.8. The van der Waals surface area contributed by atoms with Gasteiger partial charge in [-0.05, 0) is 49.0 Å². The molecule has 4 rings (SSSR count). The van der Waals surface area contributed by atoms with Crippen molar-refractivity contribution in [2.24, 2.45) is 0 Å². The summed E-state index contributed by atoms with van der Waals surface area (Å²) >= 11 is 2.08. The van der Waals surface area contributed by atoms with Crippen LogP contribution in [0.5, 0.6) is 0 Å². The summed E-state index contributed by atoms with van der Waals surface area (Å²) in [7, 11) is 0. The first-order valence-corrected chi connectivity index (χ1v) is 8.88. The summed E-state index contributed by atoms with van der Waals surface area (Å²) in [6, 6.07) is 21.7. The minimum atomic E-state index is 0.435. The fourth-order valence-electron chi connectivity index (χ4n) is 3.59. The lowest BCUT2D eigenvalue weighted by Crippen LogP contribution is -2.28. The Morgan fingerprint density at radius 2 is 1.55 bits per heavy atom. The Labute approximate surface area is 137 Å². The summed E-state index contributed by atoms with van der Waals surface area (Å²) in [5.74, 6) is 0. The highest BCUT2D eigenvalue weighted by molar-refractivity contribution is 8.02. The fraction of sp³-hybridized carbons (Fsp3) is 0.368. The molecular weight excluding hydrogens is 288 g/mol. The molecule has 1 spiro atoms. The van der Waals surface area contributed by atoms with E-state index in [1.807, 2.05) is 0 Å². The average molecular weight is 310 g/mol. The molecule has 2 saturated heterocycles. The van der Waals surface area contributed by atoms with E-state index in [0.717, 1.165) is 6.54 Å². The lowest BCUT2D eigenvalue weighted by atomic mass is 10.0. The van der Waals surface area contributed by atoms with Crippen LogP contribution in [-0.2, 0) is 6.54 Å². The van der Waals surface area contributed by atoms with Crippen LogP contribution in [0.4, 0.5) is 5.69 Å². The van der Waals surface area contributed by atoms with Crippen LogP contribution < -0.4 is 4.31 Å². The number of hydrogen-bond acceptors (Lipinski definition) is 3. The molecule has 2 nitrogen and oxygen atoms in total. The van der Waals surface area contributed by atoms with Gasteiger partial charge in [0.1, 0.15) is 0 Å². The van der Waals surface area contributed by atoms with Gasteiger partial charge in [-0.1, -0.05) is 48.5 Å². The van der Waals surface area contributed by atoms with Gasteiger partial charge in [-0.2, -0.15) is 0 Å². The molecule has 0 radical (unpaired) electrons. The standard InChI is InChI=1S/C19H22N2S/c1-3-7-17(8-4-1)15-20-13-11-19(16-20)12-14-21(22-19)18-9-5-2-6-10-18/h1-10H,11-16H2/t19-/m0/s1. The van der Waals surface area contributed by atoms with Crippen LogP contribution in [0.2, 0.25) is 0 Å². The molecule has 0 aliphatic carbocycles. The third kappa shape index (κ3) is 2.88. The van der Waals surface area contributed by atoms with Crippen LogP contribution >= 0.6 is 11.9 Å². The van der Waals surface area contributed by atoms with Crippen molar-refractivity contribution in [3.8, 4) is 0 Å². The number of anilines is 1. The minimum Gasteiger partial charge on any atom is -0.316 e. The maximum Gasteiger partial charge on any atom is 0.0515 e. The molecular formula is C19H22N2S. The van der Waals surface area contributed by atoms with Gasteiger partial charge in [0.15, 0.2) is 0 Å². The number of para-hydroxylation sites is 1. The van der Waals surface area contributed by atoms with Crippen molar-refractivity contribution in [2.75, 3.05) is 23.9 Å². The highest BCUT2D eigenvalue weighted by atomic mass is 32.2. The van der Waals surface area contributed by atoms with Gasteiger partial charge >= 0.3 is 0 Å². The Morgan fingerprint density at radius 3 is 2.32 bits per heavy atom. The van der Waals surface area contributed by atoms with Crippen molar-refractivity contribution in [3.05, 3.63) is 66.2 Å². The Hall–Kier alpha value is -1.45. The molecule has 0 amide bonds. The summed E-state index contributed by atoms with van der Waals surface area (Å²) in [5.41, 5.74) is 2.79. The van der Waals surface area contributed by atoms with Crippen molar-refractivity contribution >= 4 is 17.6 Å². The minimum absolute atomic E-state index is 0.435. The average Bonchev–Trinajstić information content (AvgIpc) is 3.17. The molecule has 2 aromatic carbocycles. The molecule has 2 aliphatic heterocycles. The zero-order chi connectivity index (χ0) is 14.8. The quantitative estimate of drug-likeness (QED) is 0.785. The second kappa shape index (κ2) is 5.98. The summed E-state index contributed by atoms with van der Waals surface area (Å²) in [5, 5.41) is 0. The number of likely N-dealkylation sites (tertiary alicyclic amines) is 1. The van der Waals surface area contributed by atoms with E-state index in [1.165, 1.54) is 43.7 Å². The maximum atomic E-state index is 2.62. The van der Waals surface area contributed by atoms with Gasteiger partial charge < -0.3 is 4.31 Å². The third-order valence-electron chi connectivity index (χ3n) is 4.76. The highest BCUT2D eigenvalue weighted by Crippen LogP contribution is 2.47. The zero-order valence-corrected chi connectivity index (χ0v) is 13.6. The largest absolute Gasteiger partial charge is 0.316 e. The van der Waals surface area contributed by atoms with Gasteiger partial charge in [0, 0.05) is 25.3 Å². The predicted molar refractivity (Wildman–Crippen MR) is 95.1 cm³/mol. The second-order valence-electron chi connectivity index (χ2n) is 6.41. The van der Waals surface area contributed by atoms with Gasteiger partial charge in [0.05, 0.1) is 4.75 Å². The molecule has 0 N–H and O–H groups in total. The van der Waals surface area contributed by atoms with E-state index >= 15 is 0 Å². The lowest BCUT2D eigenvalue weighted by Gasteiger charge is -2.24. The van der Waals surface area contributed by atoms with Gasteiger partial charge in [-0.3, -0.25) is 4.90 Å². The summed E-state index contributed by atoms with van der Waals surface area (Å²) < 4.78 is 2.93. The first-order valence-electron chi connectivity index (χ1n) is 8.11. The van der Waals surface area contributed by atoms with E-state index in [2.05, 4.69) is 81.8 Å². The molecule has 1 atom stereocenters. The SMILES string of the molecule is c1ccc(CN2CC[C@]3(CCN(c4ccccc4)S3)C2)cc1. The first kappa shape index (κ1) is 14.2. The molecule has 0 saturated carbocycles. The van der Waals surface area contributed by atoms with Gasteiger partial charge in [0.2, 0.25) is 0 Å². The van der Waals surface area contributed by atoms with Crippen molar-refractivity contribution in [2.45, 2.75) is 24.1 Å². The molecule has 2 heterocycles. The Kier molecular flexibility index (Phi) is 3.85. The van der Waals surface area contributed by atoms with Crippen LogP contribution in [-0.4, -0.2) is 29.3 Å². The predicted octanol–water partition coefficient (Wildman–Crippen LogP) is 4.19. The van der Waals surface area contributed by atoms with E-state index in [1.54, 1.807) is 0 Å². The lowest BCUT2D eigenvalue weighted by molar-refractivity contribution is 0.322. The number of rotatable bonds is 3. The second-order valence-corrected chi connectivity index (χ2v) is 7.90. The molecule has 0 aromatic heterocycles. The third-order valence-corrected chi connectivity index (χ3v) is 6.30. The van der Waals surface area contributed by atoms with Crippen molar-refractivity contribution in [1.82, 2.24) is 4.90 Å². The molecule has 0 unspecified atom stereocenters. The van der Waals surface area contributed by atoms with E-state index in [-0.39, 0.29) is 0 Å². The molecule has 0 bridgehead atoms. The van der Waals surface area contributed by atoms with Crippen molar-refractivity contribution in [3.63, 3.8) is 0 Å². The molecule has 2 aromatic rings. The number of benzene rings is 2. The number of hydrogen-bond donors (Lipinski definition) is 0. The first-order chi connectivity index (χ1) is 10.8. The Morgan fingerprint density at radius 1 is 0.864 bits per heavy atom. The van der Waals surface area contributed by atoms with E-state index < -0.39 is 0 Å². The van der Waals surface area contributed by atoms with Crippen LogP contribution in [0.25, 0.3) is 0 Å². The monoisotopic (exact) mass is 310 g/mol.